The molecule has 2 N–H and O–H groups in total. The van der Waals surface area contributed by atoms with E-state index in [9.17, 15) is 9.90 Å². The van der Waals surface area contributed by atoms with Crippen molar-refractivity contribution in [3.8, 4) is 5.88 Å². The molecular weight excluding hydrogens is 252 g/mol. The van der Waals surface area contributed by atoms with E-state index in [4.69, 9.17) is 14.6 Å². The van der Waals surface area contributed by atoms with E-state index < -0.39 is 24.1 Å². The maximum absolute atomic E-state index is 11.9. The van der Waals surface area contributed by atoms with E-state index in [0.29, 0.717) is 18.1 Å². The molecule has 1 saturated heterocycles. The Bertz CT molecular complexity index is 501. The SMILES string of the molecule is CCOc1nc(=O)n([C@H]2C[C@H](O)[C@@H](CO)O2)cc1C. The van der Waals surface area contributed by atoms with E-state index in [0.717, 1.165) is 0 Å². The second-order valence-electron chi connectivity index (χ2n) is 4.47. The van der Waals surface area contributed by atoms with Gasteiger partial charge in [-0.2, -0.15) is 4.98 Å². The Hall–Kier alpha value is -1.44. The molecule has 0 saturated carbocycles. The minimum Gasteiger partial charge on any atom is -0.478 e. The van der Waals surface area contributed by atoms with E-state index in [-0.39, 0.29) is 13.0 Å². The van der Waals surface area contributed by atoms with Gasteiger partial charge in [-0.05, 0) is 13.8 Å². The van der Waals surface area contributed by atoms with Gasteiger partial charge in [-0.3, -0.25) is 4.57 Å². The van der Waals surface area contributed by atoms with Crippen LogP contribution in [0.15, 0.2) is 11.0 Å². The highest BCUT2D eigenvalue weighted by molar-refractivity contribution is 5.20. The molecule has 7 nitrogen and oxygen atoms in total. The first-order valence-electron chi connectivity index (χ1n) is 6.23. The summed E-state index contributed by atoms with van der Waals surface area (Å²) in [7, 11) is 0. The monoisotopic (exact) mass is 270 g/mol. The second kappa shape index (κ2) is 5.68. The van der Waals surface area contributed by atoms with E-state index in [1.807, 2.05) is 6.92 Å². The van der Waals surface area contributed by atoms with Gasteiger partial charge in [-0.25, -0.2) is 4.79 Å². The molecular formula is C12H18N2O5. The number of aryl methyl sites for hydroxylation is 1. The summed E-state index contributed by atoms with van der Waals surface area (Å²) in [6.07, 6.45) is -0.211. The summed E-state index contributed by atoms with van der Waals surface area (Å²) < 4.78 is 12.0. The summed E-state index contributed by atoms with van der Waals surface area (Å²) in [4.78, 5) is 15.7. The van der Waals surface area contributed by atoms with Crippen LogP contribution in [0.2, 0.25) is 0 Å². The van der Waals surface area contributed by atoms with Crippen LogP contribution in [0.5, 0.6) is 5.88 Å². The van der Waals surface area contributed by atoms with Gasteiger partial charge >= 0.3 is 5.69 Å². The second-order valence-corrected chi connectivity index (χ2v) is 4.47. The predicted octanol–water partition coefficient (Wildman–Crippen LogP) is -0.409. The maximum Gasteiger partial charge on any atom is 0.352 e. The zero-order valence-corrected chi connectivity index (χ0v) is 10.9. The fourth-order valence-electron chi connectivity index (χ4n) is 2.09. The van der Waals surface area contributed by atoms with Gasteiger partial charge < -0.3 is 19.7 Å². The van der Waals surface area contributed by atoms with Crippen molar-refractivity contribution in [3.63, 3.8) is 0 Å². The molecule has 2 heterocycles. The molecule has 0 unspecified atom stereocenters. The molecule has 1 fully saturated rings. The number of nitrogens with zero attached hydrogens (tertiary/aromatic N) is 2. The number of ether oxygens (including phenoxy) is 2. The van der Waals surface area contributed by atoms with Crippen LogP contribution >= 0.6 is 0 Å². The van der Waals surface area contributed by atoms with E-state index in [1.54, 1.807) is 13.1 Å². The molecule has 1 aromatic heterocycles. The van der Waals surface area contributed by atoms with Crippen molar-refractivity contribution in [2.45, 2.75) is 38.7 Å². The molecule has 19 heavy (non-hydrogen) atoms. The normalized spacial score (nSPS) is 26.6. The topological polar surface area (TPSA) is 93.8 Å². The molecule has 1 aliphatic rings. The Morgan fingerprint density at radius 3 is 2.95 bits per heavy atom. The first kappa shape index (κ1) is 14.0. The van der Waals surface area contributed by atoms with Crippen LogP contribution in [0.25, 0.3) is 0 Å². The molecule has 1 aromatic rings. The lowest BCUT2D eigenvalue weighted by Gasteiger charge is -2.15. The van der Waals surface area contributed by atoms with Crippen LogP contribution in [0.1, 0.15) is 25.1 Å². The molecule has 0 amide bonds. The molecule has 2 rings (SSSR count). The van der Waals surface area contributed by atoms with Crippen LogP contribution in [-0.2, 0) is 4.74 Å². The van der Waals surface area contributed by atoms with E-state index in [1.165, 1.54) is 4.57 Å². The standard InChI is InChI=1S/C12H18N2O5/c1-3-18-11-7(2)5-14(12(17)13-11)10-4-8(16)9(6-15)19-10/h5,8-10,15-16H,3-4,6H2,1-2H3/t8-,9+,10+/m0/s1. The third-order valence-electron chi connectivity index (χ3n) is 3.06. The molecule has 3 atom stereocenters. The largest absolute Gasteiger partial charge is 0.478 e. The van der Waals surface area contributed by atoms with Crippen LogP contribution in [0.3, 0.4) is 0 Å². The van der Waals surface area contributed by atoms with Crippen LogP contribution < -0.4 is 10.4 Å². The molecule has 1 aliphatic heterocycles. The molecule has 106 valence electrons. The Balaban J connectivity index is 2.27. The zero-order valence-electron chi connectivity index (χ0n) is 10.9. The lowest BCUT2D eigenvalue weighted by atomic mass is 10.2. The Morgan fingerprint density at radius 2 is 2.37 bits per heavy atom. The highest BCUT2D eigenvalue weighted by Crippen LogP contribution is 2.28. The summed E-state index contributed by atoms with van der Waals surface area (Å²) in [6, 6.07) is 0. The first-order chi connectivity index (χ1) is 9.06. The molecule has 7 heteroatoms. The molecule has 0 spiro atoms. The molecule has 0 aliphatic carbocycles. The minimum atomic E-state index is -0.784. The molecule has 0 radical (unpaired) electrons. The van der Waals surface area contributed by atoms with Crippen molar-refractivity contribution >= 4 is 0 Å². The number of hydrogen-bond acceptors (Lipinski definition) is 6. The van der Waals surface area contributed by atoms with Crippen LogP contribution in [0, 0.1) is 6.92 Å². The fraction of sp³-hybridized carbons (Fsp3) is 0.667. The number of aliphatic hydroxyl groups is 2. The van der Waals surface area contributed by atoms with Gasteiger partial charge in [0.05, 0.1) is 19.3 Å². The van der Waals surface area contributed by atoms with Crippen LogP contribution in [-0.4, -0.2) is 45.2 Å². The maximum atomic E-state index is 11.9. The van der Waals surface area contributed by atoms with Crippen molar-refractivity contribution < 1.29 is 19.7 Å². The van der Waals surface area contributed by atoms with Crippen molar-refractivity contribution in [1.29, 1.82) is 0 Å². The number of aliphatic hydroxyl groups excluding tert-OH is 2. The quantitative estimate of drug-likeness (QED) is 0.772. The Labute approximate surface area is 110 Å². The third-order valence-corrected chi connectivity index (χ3v) is 3.06. The average molecular weight is 270 g/mol. The summed E-state index contributed by atoms with van der Waals surface area (Å²) in [5.74, 6) is 0.306. The van der Waals surface area contributed by atoms with Crippen molar-refractivity contribution in [2.24, 2.45) is 0 Å². The summed E-state index contributed by atoms with van der Waals surface area (Å²) >= 11 is 0. The smallest absolute Gasteiger partial charge is 0.352 e. The first-order valence-corrected chi connectivity index (χ1v) is 6.23. The number of hydrogen-bond donors (Lipinski definition) is 2. The van der Waals surface area contributed by atoms with Crippen molar-refractivity contribution in [3.05, 3.63) is 22.2 Å². The zero-order chi connectivity index (χ0) is 14.0. The van der Waals surface area contributed by atoms with Crippen molar-refractivity contribution in [1.82, 2.24) is 9.55 Å². The minimum absolute atomic E-state index is 0.250. The van der Waals surface area contributed by atoms with Gasteiger partial charge in [-0.15, -0.1) is 0 Å². The fourth-order valence-corrected chi connectivity index (χ4v) is 2.09. The predicted molar refractivity (Wildman–Crippen MR) is 66.0 cm³/mol. The Morgan fingerprint density at radius 1 is 1.63 bits per heavy atom. The average Bonchev–Trinajstić information content (AvgIpc) is 2.75. The van der Waals surface area contributed by atoms with Gasteiger partial charge in [0.25, 0.3) is 0 Å². The summed E-state index contributed by atoms with van der Waals surface area (Å²) in [5.41, 5.74) is 0.219. The number of rotatable bonds is 4. The lowest BCUT2D eigenvalue weighted by Crippen LogP contribution is -2.28. The van der Waals surface area contributed by atoms with Gasteiger partial charge in [-0.1, -0.05) is 0 Å². The highest BCUT2D eigenvalue weighted by Gasteiger charge is 2.35. The third kappa shape index (κ3) is 2.78. The van der Waals surface area contributed by atoms with Gasteiger partial charge in [0.15, 0.2) is 0 Å². The highest BCUT2D eigenvalue weighted by atomic mass is 16.5. The van der Waals surface area contributed by atoms with Gasteiger partial charge in [0.1, 0.15) is 12.3 Å². The lowest BCUT2D eigenvalue weighted by molar-refractivity contribution is -0.0460. The van der Waals surface area contributed by atoms with Gasteiger partial charge in [0, 0.05) is 18.2 Å². The molecule has 0 aromatic carbocycles. The molecule has 0 bridgehead atoms. The summed E-state index contributed by atoms with van der Waals surface area (Å²) in [5, 5.41) is 18.7. The van der Waals surface area contributed by atoms with Gasteiger partial charge in [0.2, 0.25) is 5.88 Å². The van der Waals surface area contributed by atoms with E-state index >= 15 is 0 Å². The summed E-state index contributed by atoms with van der Waals surface area (Å²) in [6.45, 7) is 3.75. The van der Waals surface area contributed by atoms with Crippen LogP contribution in [0.4, 0.5) is 0 Å². The van der Waals surface area contributed by atoms with E-state index in [2.05, 4.69) is 4.98 Å². The Kier molecular flexibility index (Phi) is 4.18. The number of aromatic nitrogens is 2. The van der Waals surface area contributed by atoms with Crippen molar-refractivity contribution in [2.75, 3.05) is 13.2 Å².